The van der Waals surface area contributed by atoms with E-state index in [2.05, 4.69) is 4.98 Å². The van der Waals surface area contributed by atoms with Gasteiger partial charge in [-0.05, 0) is 26.2 Å². The van der Waals surface area contributed by atoms with Gasteiger partial charge in [-0.1, -0.05) is 25.4 Å². The highest BCUT2D eigenvalue weighted by molar-refractivity contribution is 6.30. The van der Waals surface area contributed by atoms with Gasteiger partial charge in [0.05, 0.1) is 17.2 Å². The Kier molecular flexibility index (Phi) is 3.62. The molecule has 2 atom stereocenters. The van der Waals surface area contributed by atoms with Crippen molar-refractivity contribution in [2.24, 2.45) is 0 Å². The Hall–Kier alpha value is -1.07. The highest BCUT2D eigenvalue weighted by Gasteiger charge is 2.41. The summed E-state index contributed by atoms with van der Waals surface area (Å²) in [5.41, 5.74) is -0.969. The van der Waals surface area contributed by atoms with Crippen LogP contribution in [-0.4, -0.2) is 22.3 Å². The lowest BCUT2D eigenvalue weighted by Crippen LogP contribution is -2.52. The van der Waals surface area contributed by atoms with Crippen LogP contribution in [0, 0.1) is 0 Å². The Morgan fingerprint density at radius 2 is 2.11 bits per heavy atom. The molecular formula is C13H19ClN2O3. The van der Waals surface area contributed by atoms with Crippen molar-refractivity contribution in [2.45, 2.75) is 51.7 Å². The van der Waals surface area contributed by atoms with Crippen LogP contribution in [-0.2, 0) is 10.3 Å². The van der Waals surface area contributed by atoms with Crippen LogP contribution < -0.4 is 11.2 Å². The first kappa shape index (κ1) is 14.3. The number of halogens is 1. The van der Waals surface area contributed by atoms with Crippen LogP contribution >= 0.6 is 11.6 Å². The van der Waals surface area contributed by atoms with Gasteiger partial charge in [0.1, 0.15) is 5.15 Å². The average molecular weight is 287 g/mol. The number of nitrogens with zero attached hydrogens (tertiary/aromatic N) is 1. The van der Waals surface area contributed by atoms with Crippen LogP contribution in [0.2, 0.25) is 5.15 Å². The fourth-order valence-corrected chi connectivity index (χ4v) is 2.99. The van der Waals surface area contributed by atoms with Crippen molar-refractivity contribution in [1.82, 2.24) is 9.55 Å². The standard InChI is InChI=1S/C13H19ClN2O3/c1-7(2)9-10(14)15-12(18)16(11(9)17)13(4)5-6-19-8(13)3/h7-8H,5-6H2,1-4H3,(H,15,18). The number of aromatic nitrogens is 2. The normalized spacial score (nSPS) is 27.2. The smallest absolute Gasteiger partial charge is 0.330 e. The molecule has 19 heavy (non-hydrogen) atoms. The predicted molar refractivity (Wildman–Crippen MR) is 74.1 cm³/mol. The molecule has 1 aromatic rings. The Labute approximate surface area is 116 Å². The topological polar surface area (TPSA) is 64.1 Å². The number of ether oxygens (including phenoxy) is 1. The Balaban J connectivity index is 2.75. The van der Waals surface area contributed by atoms with E-state index in [9.17, 15) is 9.59 Å². The van der Waals surface area contributed by atoms with Gasteiger partial charge >= 0.3 is 5.69 Å². The first-order valence-electron chi connectivity index (χ1n) is 6.46. The van der Waals surface area contributed by atoms with Crippen LogP contribution in [0.4, 0.5) is 0 Å². The van der Waals surface area contributed by atoms with E-state index in [0.29, 0.717) is 18.6 Å². The van der Waals surface area contributed by atoms with E-state index in [1.807, 2.05) is 27.7 Å². The molecule has 0 saturated carbocycles. The van der Waals surface area contributed by atoms with Crippen LogP contribution in [0.15, 0.2) is 9.59 Å². The predicted octanol–water partition coefficient (Wildman–Crippen LogP) is 1.84. The van der Waals surface area contributed by atoms with Crippen molar-refractivity contribution in [3.05, 3.63) is 31.6 Å². The van der Waals surface area contributed by atoms with E-state index < -0.39 is 11.2 Å². The molecule has 1 N–H and O–H groups in total. The molecule has 0 bridgehead atoms. The van der Waals surface area contributed by atoms with Crippen molar-refractivity contribution in [1.29, 1.82) is 0 Å². The fourth-order valence-electron chi connectivity index (χ4n) is 2.61. The number of hydrogen-bond donors (Lipinski definition) is 1. The van der Waals surface area contributed by atoms with Crippen molar-refractivity contribution >= 4 is 11.6 Å². The van der Waals surface area contributed by atoms with E-state index in [0.717, 1.165) is 0 Å². The molecular weight excluding hydrogens is 268 g/mol. The highest BCUT2D eigenvalue weighted by atomic mass is 35.5. The maximum absolute atomic E-state index is 12.6. The summed E-state index contributed by atoms with van der Waals surface area (Å²) in [6, 6.07) is 0. The Morgan fingerprint density at radius 3 is 2.58 bits per heavy atom. The molecule has 1 aliphatic heterocycles. The number of rotatable bonds is 2. The molecule has 2 rings (SSSR count). The molecule has 1 saturated heterocycles. The van der Waals surface area contributed by atoms with E-state index >= 15 is 0 Å². The zero-order chi connectivity index (χ0) is 14.4. The lowest BCUT2D eigenvalue weighted by Gasteiger charge is -2.29. The second kappa shape index (κ2) is 4.80. The summed E-state index contributed by atoms with van der Waals surface area (Å²) in [5.74, 6) is -0.0515. The maximum atomic E-state index is 12.6. The van der Waals surface area contributed by atoms with Gasteiger partial charge in [0.2, 0.25) is 0 Å². The first-order valence-corrected chi connectivity index (χ1v) is 6.83. The summed E-state index contributed by atoms with van der Waals surface area (Å²) in [4.78, 5) is 27.3. The average Bonchev–Trinajstić information content (AvgIpc) is 2.57. The van der Waals surface area contributed by atoms with E-state index in [1.165, 1.54) is 4.57 Å². The molecule has 5 nitrogen and oxygen atoms in total. The van der Waals surface area contributed by atoms with Gasteiger partial charge in [-0.3, -0.25) is 14.3 Å². The van der Waals surface area contributed by atoms with Gasteiger partial charge in [0.15, 0.2) is 0 Å². The van der Waals surface area contributed by atoms with Gasteiger partial charge in [-0.2, -0.15) is 0 Å². The SMILES string of the molecule is CC(C)c1c(Cl)[nH]c(=O)n(C2(C)CCOC2C)c1=O. The van der Waals surface area contributed by atoms with Gasteiger partial charge in [0, 0.05) is 6.61 Å². The van der Waals surface area contributed by atoms with Gasteiger partial charge < -0.3 is 4.74 Å². The van der Waals surface area contributed by atoms with Gasteiger partial charge in [-0.15, -0.1) is 0 Å². The highest BCUT2D eigenvalue weighted by Crippen LogP contribution is 2.31. The molecule has 2 heterocycles. The van der Waals surface area contributed by atoms with Crippen molar-refractivity contribution in [3.63, 3.8) is 0 Å². The third-order valence-corrected chi connectivity index (χ3v) is 4.33. The number of hydrogen-bond acceptors (Lipinski definition) is 3. The summed E-state index contributed by atoms with van der Waals surface area (Å²) in [5, 5.41) is 0.136. The summed E-state index contributed by atoms with van der Waals surface area (Å²) in [7, 11) is 0. The molecule has 1 aromatic heterocycles. The summed E-state index contributed by atoms with van der Waals surface area (Å²) < 4.78 is 6.79. The molecule has 106 valence electrons. The van der Waals surface area contributed by atoms with Crippen molar-refractivity contribution < 1.29 is 4.74 Å². The van der Waals surface area contributed by atoms with Gasteiger partial charge in [-0.25, -0.2) is 4.79 Å². The molecule has 0 aliphatic carbocycles. The zero-order valence-corrected chi connectivity index (χ0v) is 12.4. The summed E-state index contributed by atoms with van der Waals surface area (Å²) in [6.45, 7) is 8.05. The Bertz CT molecular complexity index is 605. The molecule has 1 aliphatic rings. The largest absolute Gasteiger partial charge is 0.376 e. The van der Waals surface area contributed by atoms with Crippen LogP contribution in [0.5, 0.6) is 0 Å². The molecule has 0 spiro atoms. The third kappa shape index (κ3) is 2.15. The minimum Gasteiger partial charge on any atom is -0.376 e. The molecule has 6 heteroatoms. The summed E-state index contributed by atoms with van der Waals surface area (Å²) >= 11 is 5.99. The van der Waals surface area contributed by atoms with E-state index in [-0.39, 0.29) is 22.7 Å². The monoisotopic (exact) mass is 286 g/mol. The lowest BCUT2D eigenvalue weighted by atomic mass is 9.93. The molecule has 1 fully saturated rings. The fraction of sp³-hybridized carbons (Fsp3) is 0.692. The maximum Gasteiger partial charge on any atom is 0.330 e. The third-order valence-electron chi connectivity index (χ3n) is 4.03. The quantitative estimate of drug-likeness (QED) is 0.844. The molecule has 0 amide bonds. The second-order valence-corrected chi connectivity index (χ2v) is 5.95. The van der Waals surface area contributed by atoms with E-state index in [4.69, 9.17) is 16.3 Å². The minimum absolute atomic E-state index is 0.0515. The number of aromatic amines is 1. The zero-order valence-electron chi connectivity index (χ0n) is 11.6. The Morgan fingerprint density at radius 1 is 1.47 bits per heavy atom. The van der Waals surface area contributed by atoms with Crippen molar-refractivity contribution in [2.75, 3.05) is 6.61 Å². The van der Waals surface area contributed by atoms with Gasteiger partial charge in [0.25, 0.3) is 5.56 Å². The summed E-state index contributed by atoms with van der Waals surface area (Å²) in [6.07, 6.45) is 0.448. The van der Waals surface area contributed by atoms with Crippen molar-refractivity contribution in [3.8, 4) is 0 Å². The number of nitrogens with one attached hydrogen (secondary N) is 1. The molecule has 0 aromatic carbocycles. The molecule has 0 radical (unpaired) electrons. The number of H-pyrrole nitrogens is 1. The first-order chi connectivity index (χ1) is 8.79. The van der Waals surface area contributed by atoms with E-state index in [1.54, 1.807) is 0 Å². The van der Waals surface area contributed by atoms with Crippen LogP contribution in [0.25, 0.3) is 0 Å². The minimum atomic E-state index is -0.626. The van der Waals surface area contributed by atoms with Crippen LogP contribution in [0.1, 0.15) is 45.6 Å². The second-order valence-electron chi connectivity index (χ2n) is 5.57. The molecule has 2 unspecified atom stereocenters. The lowest BCUT2D eigenvalue weighted by molar-refractivity contribution is 0.0724. The van der Waals surface area contributed by atoms with Crippen LogP contribution in [0.3, 0.4) is 0 Å².